The molecular formula is C28H30N4O. The number of hydrogen-bond donors (Lipinski definition) is 0. The van der Waals surface area contributed by atoms with Gasteiger partial charge in [-0.3, -0.25) is 14.7 Å². The number of amidine groups is 1. The minimum atomic E-state index is -1.10. The minimum absolute atomic E-state index is 0.000743. The van der Waals surface area contributed by atoms with Crippen LogP contribution in [0.3, 0.4) is 0 Å². The number of pyridine rings is 1. The van der Waals surface area contributed by atoms with Gasteiger partial charge < -0.3 is 4.90 Å². The zero-order valence-corrected chi connectivity index (χ0v) is 18.9. The molecule has 0 saturated carbocycles. The summed E-state index contributed by atoms with van der Waals surface area (Å²) in [7, 11) is 0. The molecule has 5 heteroatoms. The number of rotatable bonds is 7. The van der Waals surface area contributed by atoms with Gasteiger partial charge in [-0.1, -0.05) is 73.2 Å². The van der Waals surface area contributed by atoms with E-state index in [0.717, 1.165) is 42.9 Å². The summed E-state index contributed by atoms with van der Waals surface area (Å²) in [4.78, 5) is 28.4. The number of carbonyl (C=O) groups is 1. The largest absolute Gasteiger partial charge is 0.303 e. The van der Waals surface area contributed by atoms with E-state index >= 15 is 0 Å². The van der Waals surface area contributed by atoms with Crippen LogP contribution in [0.25, 0.3) is 0 Å². The van der Waals surface area contributed by atoms with Gasteiger partial charge in [-0.05, 0) is 62.2 Å². The van der Waals surface area contributed by atoms with Gasteiger partial charge in [0.25, 0.3) is 5.91 Å². The quantitative estimate of drug-likeness (QED) is 0.546. The molecule has 3 heterocycles. The third-order valence-corrected chi connectivity index (χ3v) is 6.67. The van der Waals surface area contributed by atoms with E-state index in [1.165, 1.54) is 19.3 Å². The number of aliphatic imine (C=N–C) groups is 1. The molecule has 1 aromatic heterocycles. The van der Waals surface area contributed by atoms with Gasteiger partial charge >= 0.3 is 0 Å². The summed E-state index contributed by atoms with van der Waals surface area (Å²) >= 11 is 0. The molecule has 0 atom stereocenters. The summed E-state index contributed by atoms with van der Waals surface area (Å²) in [6, 6.07) is 25.6. The number of benzene rings is 2. The lowest BCUT2D eigenvalue weighted by atomic mass is 9.83. The van der Waals surface area contributed by atoms with Crippen molar-refractivity contribution in [1.29, 1.82) is 0 Å². The van der Waals surface area contributed by atoms with Gasteiger partial charge in [-0.15, -0.1) is 0 Å². The maximum atomic E-state index is 14.3. The first kappa shape index (κ1) is 21.5. The van der Waals surface area contributed by atoms with E-state index in [1.54, 1.807) is 6.20 Å². The topological polar surface area (TPSA) is 48.8 Å². The highest BCUT2D eigenvalue weighted by molar-refractivity contribution is 6.16. The predicted molar refractivity (Wildman–Crippen MR) is 131 cm³/mol. The van der Waals surface area contributed by atoms with Crippen LogP contribution < -0.4 is 0 Å². The van der Waals surface area contributed by atoms with Crippen molar-refractivity contribution in [2.45, 2.75) is 31.2 Å². The van der Waals surface area contributed by atoms with Crippen LogP contribution in [-0.2, 0) is 10.3 Å². The molecule has 168 valence electrons. The number of piperidine rings is 1. The van der Waals surface area contributed by atoms with E-state index in [0.29, 0.717) is 12.4 Å². The van der Waals surface area contributed by atoms with Crippen LogP contribution in [-0.4, -0.2) is 52.7 Å². The number of nitrogens with zero attached hydrogens (tertiary/aromatic N) is 4. The average molecular weight is 439 g/mol. The van der Waals surface area contributed by atoms with E-state index in [4.69, 9.17) is 4.99 Å². The minimum Gasteiger partial charge on any atom is -0.303 e. The number of amides is 1. The molecule has 1 amide bonds. The molecule has 33 heavy (non-hydrogen) atoms. The fraction of sp³-hybridized carbons (Fsp3) is 0.321. The Balaban J connectivity index is 1.54. The van der Waals surface area contributed by atoms with Crippen LogP contribution >= 0.6 is 0 Å². The molecule has 1 saturated heterocycles. The summed E-state index contributed by atoms with van der Waals surface area (Å²) in [6.45, 7) is 3.95. The Morgan fingerprint density at radius 1 is 0.758 bits per heavy atom. The number of likely N-dealkylation sites (tertiary alicyclic amines) is 1. The van der Waals surface area contributed by atoms with E-state index in [1.807, 2.05) is 83.8 Å². The van der Waals surface area contributed by atoms with Gasteiger partial charge in [0.05, 0.1) is 0 Å². The van der Waals surface area contributed by atoms with Crippen molar-refractivity contribution < 1.29 is 4.79 Å². The molecule has 0 spiro atoms. The Morgan fingerprint density at radius 3 is 2.00 bits per heavy atom. The van der Waals surface area contributed by atoms with Crippen molar-refractivity contribution in [1.82, 2.24) is 14.8 Å². The average Bonchev–Trinajstić information content (AvgIpc) is 3.19. The third-order valence-electron chi connectivity index (χ3n) is 6.67. The Kier molecular flexibility index (Phi) is 6.31. The lowest BCUT2D eigenvalue weighted by Crippen LogP contribution is -2.43. The SMILES string of the molecule is O=C1N(CCCN2CCCCC2)C(c2ccccn2)=NC1(c1ccccc1)c1ccccc1. The molecular weight excluding hydrogens is 408 g/mol. The van der Waals surface area contributed by atoms with Crippen molar-refractivity contribution in [2.24, 2.45) is 4.99 Å². The molecule has 0 N–H and O–H groups in total. The Hall–Kier alpha value is -3.31. The second kappa shape index (κ2) is 9.67. The summed E-state index contributed by atoms with van der Waals surface area (Å²) in [5, 5.41) is 0. The maximum Gasteiger partial charge on any atom is 0.265 e. The number of hydrogen-bond acceptors (Lipinski definition) is 4. The molecule has 2 aliphatic rings. The summed E-state index contributed by atoms with van der Waals surface area (Å²) < 4.78 is 0. The summed E-state index contributed by atoms with van der Waals surface area (Å²) in [5.41, 5.74) is 1.40. The van der Waals surface area contributed by atoms with Crippen molar-refractivity contribution in [2.75, 3.05) is 26.2 Å². The van der Waals surface area contributed by atoms with Crippen LogP contribution in [0.5, 0.6) is 0 Å². The molecule has 2 aliphatic heterocycles. The first-order valence-corrected chi connectivity index (χ1v) is 12.0. The molecule has 0 unspecified atom stereocenters. The van der Waals surface area contributed by atoms with Crippen molar-refractivity contribution in [3.8, 4) is 0 Å². The van der Waals surface area contributed by atoms with Gasteiger partial charge in [0.1, 0.15) is 5.69 Å². The first-order valence-electron chi connectivity index (χ1n) is 12.0. The zero-order chi connectivity index (χ0) is 22.5. The van der Waals surface area contributed by atoms with Gasteiger partial charge in [-0.2, -0.15) is 0 Å². The fourth-order valence-corrected chi connectivity index (χ4v) is 4.99. The molecule has 3 aromatic rings. The predicted octanol–water partition coefficient (Wildman–Crippen LogP) is 4.49. The van der Waals surface area contributed by atoms with Gasteiger partial charge in [0, 0.05) is 12.7 Å². The Bertz CT molecular complexity index is 1050. The van der Waals surface area contributed by atoms with Crippen LogP contribution in [0.4, 0.5) is 0 Å². The second-order valence-electron chi connectivity index (χ2n) is 8.81. The monoisotopic (exact) mass is 438 g/mol. The van der Waals surface area contributed by atoms with Crippen molar-refractivity contribution in [3.63, 3.8) is 0 Å². The maximum absolute atomic E-state index is 14.3. The molecule has 0 bridgehead atoms. The third kappa shape index (κ3) is 4.21. The first-order chi connectivity index (χ1) is 16.3. The normalized spacial score (nSPS) is 18.4. The highest BCUT2D eigenvalue weighted by atomic mass is 16.2. The molecule has 1 fully saturated rings. The molecule has 0 aliphatic carbocycles. The van der Waals surface area contributed by atoms with Crippen LogP contribution in [0, 0.1) is 0 Å². The second-order valence-corrected chi connectivity index (χ2v) is 8.81. The molecule has 2 aromatic carbocycles. The van der Waals surface area contributed by atoms with Gasteiger partial charge in [-0.25, -0.2) is 4.99 Å². The Morgan fingerprint density at radius 2 is 1.39 bits per heavy atom. The highest BCUT2D eigenvalue weighted by Gasteiger charge is 2.51. The van der Waals surface area contributed by atoms with E-state index in [9.17, 15) is 4.79 Å². The van der Waals surface area contributed by atoms with Gasteiger partial charge in [0.2, 0.25) is 0 Å². The molecule has 5 rings (SSSR count). The Labute approximate surface area is 195 Å². The van der Waals surface area contributed by atoms with Crippen LogP contribution in [0.2, 0.25) is 0 Å². The van der Waals surface area contributed by atoms with E-state index < -0.39 is 5.54 Å². The molecule has 5 nitrogen and oxygen atoms in total. The summed E-state index contributed by atoms with van der Waals surface area (Å²) in [6.07, 6.45) is 6.55. The molecule has 0 radical (unpaired) electrons. The zero-order valence-electron chi connectivity index (χ0n) is 18.9. The lowest BCUT2D eigenvalue weighted by Gasteiger charge is -2.29. The highest BCUT2D eigenvalue weighted by Crippen LogP contribution is 2.41. The van der Waals surface area contributed by atoms with Crippen molar-refractivity contribution >= 4 is 11.7 Å². The number of carbonyl (C=O) groups excluding carboxylic acids is 1. The summed E-state index contributed by atoms with van der Waals surface area (Å²) in [5.74, 6) is 0.658. The number of aromatic nitrogens is 1. The smallest absolute Gasteiger partial charge is 0.265 e. The van der Waals surface area contributed by atoms with Crippen LogP contribution in [0.15, 0.2) is 90.1 Å². The van der Waals surface area contributed by atoms with E-state index in [2.05, 4.69) is 9.88 Å². The van der Waals surface area contributed by atoms with Crippen molar-refractivity contribution in [3.05, 3.63) is 102 Å². The van der Waals surface area contributed by atoms with Crippen LogP contribution in [0.1, 0.15) is 42.5 Å². The van der Waals surface area contributed by atoms with Gasteiger partial charge in [0.15, 0.2) is 11.4 Å². The fourth-order valence-electron chi connectivity index (χ4n) is 4.99. The van der Waals surface area contributed by atoms with E-state index in [-0.39, 0.29) is 5.91 Å². The standard InChI is InChI=1S/C28H30N4O/c33-27-28(23-13-4-1-5-14-23,24-15-6-2-7-16-24)30-26(25-17-8-9-18-29-25)32(27)22-12-21-31-19-10-3-11-20-31/h1-2,4-9,13-18H,3,10-12,19-22H2. The lowest BCUT2D eigenvalue weighted by molar-refractivity contribution is -0.130.